The fourth-order valence-corrected chi connectivity index (χ4v) is 3.19. The van der Waals surface area contributed by atoms with Crippen LogP contribution in [0, 0.1) is 11.8 Å². The highest BCUT2D eigenvalue weighted by atomic mass is 16.3. The SMILES string of the molecule is NCC1CCCC1C(=O)NC1CCC(O)CC1. The van der Waals surface area contributed by atoms with Crippen molar-refractivity contribution in [3.05, 3.63) is 0 Å². The molecule has 4 N–H and O–H groups in total. The third-order valence-electron chi connectivity index (χ3n) is 4.34. The molecule has 0 saturated heterocycles. The van der Waals surface area contributed by atoms with Gasteiger partial charge in [0, 0.05) is 12.0 Å². The van der Waals surface area contributed by atoms with Crippen LogP contribution in [0.1, 0.15) is 44.9 Å². The summed E-state index contributed by atoms with van der Waals surface area (Å²) in [6, 6.07) is 0.268. The molecule has 0 bridgehead atoms. The van der Waals surface area contributed by atoms with Gasteiger partial charge in [-0.25, -0.2) is 0 Å². The number of rotatable bonds is 3. The topological polar surface area (TPSA) is 75.4 Å². The van der Waals surface area contributed by atoms with Crippen molar-refractivity contribution in [1.29, 1.82) is 0 Å². The normalized spacial score (nSPS) is 38.0. The van der Waals surface area contributed by atoms with Crippen LogP contribution in [0.15, 0.2) is 0 Å². The van der Waals surface area contributed by atoms with E-state index in [4.69, 9.17) is 5.73 Å². The predicted octanol–water partition coefficient (Wildman–Crippen LogP) is 0.781. The average molecular weight is 240 g/mol. The summed E-state index contributed by atoms with van der Waals surface area (Å²) in [4.78, 5) is 12.1. The molecule has 4 heteroatoms. The summed E-state index contributed by atoms with van der Waals surface area (Å²) in [5, 5.41) is 12.6. The predicted molar refractivity (Wildman–Crippen MR) is 66.3 cm³/mol. The van der Waals surface area contributed by atoms with E-state index in [1.807, 2.05) is 0 Å². The number of aliphatic hydroxyl groups is 1. The zero-order chi connectivity index (χ0) is 12.3. The number of carbonyl (C=O) groups is 1. The molecular weight excluding hydrogens is 216 g/mol. The van der Waals surface area contributed by atoms with Gasteiger partial charge in [-0.2, -0.15) is 0 Å². The number of aliphatic hydroxyl groups excluding tert-OH is 1. The van der Waals surface area contributed by atoms with Crippen LogP contribution in [0.25, 0.3) is 0 Å². The van der Waals surface area contributed by atoms with Gasteiger partial charge in [-0.15, -0.1) is 0 Å². The van der Waals surface area contributed by atoms with Crippen LogP contribution in [-0.2, 0) is 4.79 Å². The number of hydrogen-bond donors (Lipinski definition) is 3. The highest BCUT2D eigenvalue weighted by molar-refractivity contribution is 5.79. The lowest BCUT2D eigenvalue weighted by Crippen LogP contribution is -2.43. The zero-order valence-corrected chi connectivity index (χ0v) is 10.4. The third kappa shape index (κ3) is 3.19. The number of amides is 1. The number of carbonyl (C=O) groups excluding carboxylic acids is 1. The highest BCUT2D eigenvalue weighted by Gasteiger charge is 2.33. The van der Waals surface area contributed by atoms with E-state index in [2.05, 4.69) is 5.32 Å². The molecule has 4 nitrogen and oxygen atoms in total. The van der Waals surface area contributed by atoms with Gasteiger partial charge in [0.1, 0.15) is 0 Å². The number of nitrogens with two attached hydrogens (primary N) is 1. The Kier molecular flexibility index (Phi) is 4.40. The van der Waals surface area contributed by atoms with Gasteiger partial charge in [0.2, 0.25) is 5.91 Å². The van der Waals surface area contributed by atoms with E-state index >= 15 is 0 Å². The van der Waals surface area contributed by atoms with Gasteiger partial charge in [0.05, 0.1) is 6.10 Å². The third-order valence-corrected chi connectivity index (χ3v) is 4.34. The molecule has 2 aliphatic rings. The maximum atomic E-state index is 12.1. The lowest BCUT2D eigenvalue weighted by atomic mass is 9.91. The van der Waals surface area contributed by atoms with Gasteiger partial charge in [-0.3, -0.25) is 4.79 Å². The molecule has 98 valence electrons. The lowest BCUT2D eigenvalue weighted by Gasteiger charge is -2.28. The summed E-state index contributed by atoms with van der Waals surface area (Å²) in [5.41, 5.74) is 5.70. The Bertz CT molecular complexity index is 262. The molecule has 0 aromatic heterocycles. The molecule has 1 amide bonds. The highest BCUT2D eigenvalue weighted by Crippen LogP contribution is 2.31. The first-order chi connectivity index (χ1) is 8.20. The maximum Gasteiger partial charge on any atom is 0.223 e. The molecule has 2 atom stereocenters. The standard InChI is InChI=1S/C13H24N2O2/c14-8-9-2-1-3-12(9)13(17)15-10-4-6-11(16)7-5-10/h9-12,16H,1-8,14H2,(H,15,17). The largest absolute Gasteiger partial charge is 0.393 e. The molecule has 0 aromatic rings. The summed E-state index contributed by atoms with van der Waals surface area (Å²) in [6.07, 6.45) is 6.50. The van der Waals surface area contributed by atoms with Gasteiger partial charge in [0.25, 0.3) is 0 Å². The molecule has 2 rings (SSSR count). The molecule has 2 aliphatic carbocycles. The van der Waals surface area contributed by atoms with Gasteiger partial charge in [-0.1, -0.05) is 6.42 Å². The zero-order valence-electron chi connectivity index (χ0n) is 10.4. The second-order valence-electron chi connectivity index (χ2n) is 5.55. The van der Waals surface area contributed by atoms with Crippen molar-refractivity contribution in [2.45, 2.75) is 57.1 Å². The first kappa shape index (κ1) is 12.8. The molecular formula is C13H24N2O2. The lowest BCUT2D eigenvalue weighted by molar-refractivity contribution is -0.127. The minimum atomic E-state index is -0.161. The molecule has 2 unspecified atom stereocenters. The quantitative estimate of drug-likeness (QED) is 0.682. The Morgan fingerprint density at radius 1 is 1.18 bits per heavy atom. The molecule has 0 aromatic carbocycles. The van der Waals surface area contributed by atoms with Crippen molar-refractivity contribution in [3.63, 3.8) is 0 Å². The number of hydrogen-bond acceptors (Lipinski definition) is 3. The Hall–Kier alpha value is -0.610. The van der Waals surface area contributed by atoms with Crippen molar-refractivity contribution in [1.82, 2.24) is 5.32 Å². The minimum absolute atomic E-state index is 0.131. The van der Waals surface area contributed by atoms with Gasteiger partial charge < -0.3 is 16.2 Å². The number of nitrogens with one attached hydrogen (secondary N) is 1. The molecule has 17 heavy (non-hydrogen) atoms. The van der Waals surface area contributed by atoms with Gasteiger partial charge in [-0.05, 0) is 51.0 Å². The molecule has 0 heterocycles. The summed E-state index contributed by atoms with van der Waals surface area (Å²) < 4.78 is 0. The van der Waals surface area contributed by atoms with Crippen molar-refractivity contribution in [2.75, 3.05) is 6.54 Å². The van der Waals surface area contributed by atoms with E-state index in [0.717, 1.165) is 44.9 Å². The van der Waals surface area contributed by atoms with Crippen molar-refractivity contribution in [2.24, 2.45) is 17.6 Å². The van der Waals surface area contributed by atoms with E-state index in [0.29, 0.717) is 12.5 Å². The minimum Gasteiger partial charge on any atom is -0.393 e. The Morgan fingerprint density at radius 3 is 2.53 bits per heavy atom. The average Bonchev–Trinajstić information content (AvgIpc) is 2.80. The molecule has 2 fully saturated rings. The van der Waals surface area contributed by atoms with E-state index in [1.165, 1.54) is 0 Å². The fraction of sp³-hybridized carbons (Fsp3) is 0.923. The fourth-order valence-electron chi connectivity index (χ4n) is 3.19. The van der Waals surface area contributed by atoms with Crippen molar-refractivity contribution < 1.29 is 9.90 Å². The van der Waals surface area contributed by atoms with E-state index < -0.39 is 0 Å². The molecule has 0 aliphatic heterocycles. The smallest absolute Gasteiger partial charge is 0.223 e. The molecule has 2 saturated carbocycles. The second kappa shape index (κ2) is 5.83. The van der Waals surface area contributed by atoms with Crippen LogP contribution >= 0.6 is 0 Å². The van der Waals surface area contributed by atoms with Crippen molar-refractivity contribution >= 4 is 5.91 Å². The first-order valence-corrected chi connectivity index (χ1v) is 6.89. The Balaban J connectivity index is 1.80. The monoisotopic (exact) mass is 240 g/mol. The summed E-state index contributed by atoms with van der Waals surface area (Å²) in [6.45, 7) is 0.626. The summed E-state index contributed by atoms with van der Waals surface area (Å²) in [7, 11) is 0. The van der Waals surface area contributed by atoms with E-state index in [1.54, 1.807) is 0 Å². The van der Waals surface area contributed by atoms with Gasteiger partial charge in [0.15, 0.2) is 0 Å². The molecule has 0 radical (unpaired) electrons. The van der Waals surface area contributed by atoms with Crippen LogP contribution in [-0.4, -0.2) is 29.7 Å². The van der Waals surface area contributed by atoms with Crippen LogP contribution in [0.4, 0.5) is 0 Å². The first-order valence-electron chi connectivity index (χ1n) is 6.89. The van der Waals surface area contributed by atoms with E-state index in [9.17, 15) is 9.90 Å². The van der Waals surface area contributed by atoms with Crippen LogP contribution in [0.3, 0.4) is 0 Å². The molecule has 0 spiro atoms. The van der Waals surface area contributed by atoms with E-state index in [-0.39, 0.29) is 24.0 Å². The second-order valence-corrected chi connectivity index (χ2v) is 5.55. The van der Waals surface area contributed by atoms with Crippen LogP contribution in [0.5, 0.6) is 0 Å². The summed E-state index contributed by atoms with van der Waals surface area (Å²) in [5.74, 6) is 0.704. The Labute approximate surface area is 103 Å². The maximum absolute atomic E-state index is 12.1. The van der Waals surface area contributed by atoms with Crippen LogP contribution in [0.2, 0.25) is 0 Å². The van der Waals surface area contributed by atoms with Gasteiger partial charge >= 0.3 is 0 Å². The summed E-state index contributed by atoms with van der Waals surface area (Å²) >= 11 is 0. The van der Waals surface area contributed by atoms with Crippen molar-refractivity contribution in [3.8, 4) is 0 Å². The Morgan fingerprint density at radius 2 is 1.88 bits per heavy atom. The van der Waals surface area contributed by atoms with Crippen LogP contribution < -0.4 is 11.1 Å².